The van der Waals surface area contributed by atoms with Crippen LogP contribution in [0.3, 0.4) is 0 Å². The fraction of sp³-hybridized carbons (Fsp3) is 0.941. The van der Waals surface area contributed by atoms with Gasteiger partial charge in [-0.1, -0.05) is 26.7 Å². The molecule has 0 radical (unpaired) electrons. The van der Waals surface area contributed by atoms with Crippen molar-refractivity contribution in [2.24, 2.45) is 16.3 Å². The number of guanidine groups is 1. The Hall–Kier alpha value is -0.770. The van der Waals surface area contributed by atoms with E-state index in [0.717, 1.165) is 38.4 Å². The van der Waals surface area contributed by atoms with Crippen molar-refractivity contribution in [2.45, 2.75) is 65.7 Å². The van der Waals surface area contributed by atoms with Crippen LogP contribution < -0.4 is 10.6 Å². The molecule has 1 fully saturated rings. The van der Waals surface area contributed by atoms with Gasteiger partial charge in [0, 0.05) is 26.2 Å². The van der Waals surface area contributed by atoms with Crippen molar-refractivity contribution < 1.29 is 5.11 Å². The van der Waals surface area contributed by atoms with E-state index in [-0.39, 0.29) is 6.61 Å². The minimum Gasteiger partial charge on any atom is -0.396 e. The Bertz CT molecular complexity index is 289. The van der Waals surface area contributed by atoms with E-state index >= 15 is 0 Å². The number of hydrogen-bond acceptors (Lipinski definition) is 2. The zero-order chi connectivity index (χ0) is 15.6. The lowest BCUT2D eigenvalue weighted by atomic mass is 9.67. The highest BCUT2D eigenvalue weighted by molar-refractivity contribution is 5.79. The first-order chi connectivity index (χ1) is 10.2. The summed E-state index contributed by atoms with van der Waals surface area (Å²) in [5.74, 6) is 1.48. The van der Waals surface area contributed by atoms with E-state index in [2.05, 4.69) is 31.4 Å². The van der Waals surface area contributed by atoms with Crippen LogP contribution in [0.4, 0.5) is 0 Å². The molecule has 0 spiro atoms. The Morgan fingerprint density at radius 1 is 1.19 bits per heavy atom. The van der Waals surface area contributed by atoms with Gasteiger partial charge in [-0.15, -0.1) is 0 Å². The molecule has 0 aromatic heterocycles. The largest absolute Gasteiger partial charge is 0.396 e. The first-order valence-electron chi connectivity index (χ1n) is 8.82. The maximum Gasteiger partial charge on any atom is 0.191 e. The van der Waals surface area contributed by atoms with Gasteiger partial charge in [0.1, 0.15) is 0 Å². The summed E-state index contributed by atoms with van der Waals surface area (Å²) < 4.78 is 0. The molecule has 1 rings (SSSR count). The van der Waals surface area contributed by atoms with Crippen molar-refractivity contribution in [3.05, 3.63) is 0 Å². The van der Waals surface area contributed by atoms with Gasteiger partial charge in [-0.3, -0.25) is 4.99 Å². The Balaban J connectivity index is 2.47. The molecule has 0 aliphatic heterocycles. The van der Waals surface area contributed by atoms with Crippen molar-refractivity contribution in [2.75, 3.05) is 26.2 Å². The Kier molecular flexibility index (Phi) is 8.74. The monoisotopic (exact) mass is 297 g/mol. The summed E-state index contributed by atoms with van der Waals surface area (Å²) in [4.78, 5) is 4.80. The van der Waals surface area contributed by atoms with Gasteiger partial charge in [0.2, 0.25) is 0 Å². The highest BCUT2D eigenvalue weighted by Gasteiger charge is 2.34. The molecule has 1 aliphatic rings. The maximum absolute atomic E-state index is 9.14. The second kappa shape index (κ2) is 10.0. The van der Waals surface area contributed by atoms with E-state index in [4.69, 9.17) is 10.1 Å². The van der Waals surface area contributed by atoms with E-state index in [1.807, 2.05) is 0 Å². The minimum atomic E-state index is 0.277. The van der Waals surface area contributed by atoms with Crippen LogP contribution in [0.5, 0.6) is 0 Å². The third-order valence-corrected chi connectivity index (χ3v) is 4.87. The van der Waals surface area contributed by atoms with Gasteiger partial charge >= 0.3 is 0 Å². The molecule has 1 unspecified atom stereocenters. The molecule has 21 heavy (non-hydrogen) atoms. The van der Waals surface area contributed by atoms with Crippen LogP contribution in [0, 0.1) is 11.3 Å². The number of rotatable bonds is 10. The van der Waals surface area contributed by atoms with Crippen molar-refractivity contribution in [3.63, 3.8) is 0 Å². The Morgan fingerprint density at radius 2 is 1.95 bits per heavy atom. The molecule has 1 atom stereocenters. The summed E-state index contributed by atoms with van der Waals surface area (Å²) in [7, 11) is 0. The fourth-order valence-corrected chi connectivity index (χ4v) is 3.07. The lowest BCUT2D eigenvalue weighted by Crippen LogP contribution is -2.41. The molecule has 124 valence electrons. The maximum atomic E-state index is 9.14. The van der Waals surface area contributed by atoms with Crippen molar-refractivity contribution in [1.29, 1.82) is 0 Å². The SMILES string of the molecule is CCCC(CCO)CNC(=NCC1(CC)CCC1)NCC. The third kappa shape index (κ3) is 6.25. The van der Waals surface area contributed by atoms with Crippen LogP contribution in [-0.4, -0.2) is 37.3 Å². The van der Waals surface area contributed by atoms with Crippen LogP contribution in [0.15, 0.2) is 4.99 Å². The normalized spacial score (nSPS) is 19.0. The average molecular weight is 297 g/mol. The third-order valence-electron chi connectivity index (χ3n) is 4.87. The molecule has 3 N–H and O–H groups in total. The van der Waals surface area contributed by atoms with E-state index < -0.39 is 0 Å². The molecular formula is C17H35N3O. The number of aliphatic hydroxyl groups excluding tert-OH is 1. The van der Waals surface area contributed by atoms with Crippen molar-refractivity contribution >= 4 is 5.96 Å². The predicted molar refractivity (Wildman–Crippen MR) is 90.7 cm³/mol. The number of aliphatic hydroxyl groups is 1. The number of hydrogen-bond donors (Lipinski definition) is 3. The molecule has 0 bridgehead atoms. The van der Waals surface area contributed by atoms with Crippen LogP contribution in [0.1, 0.15) is 65.7 Å². The molecule has 0 amide bonds. The quantitative estimate of drug-likeness (QED) is 0.429. The van der Waals surface area contributed by atoms with Gasteiger partial charge in [-0.25, -0.2) is 0 Å². The summed E-state index contributed by atoms with van der Waals surface area (Å²) in [6.45, 7) is 9.60. The minimum absolute atomic E-state index is 0.277. The van der Waals surface area contributed by atoms with E-state index in [1.165, 1.54) is 32.1 Å². The van der Waals surface area contributed by atoms with Gasteiger partial charge < -0.3 is 15.7 Å². The van der Waals surface area contributed by atoms with Crippen LogP contribution in [0.25, 0.3) is 0 Å². The van der Waals surface area contributed by atoms with Crippen LogP contribution in [-0.2, 0) is 0 Å². The lowest BCUT2D eigenvalue weighted by Gasteiger charge is -2.40. The summed E-state index contributed by atoms with van der Waals surface area (Å²) >= 11 is 0. The highest BCUT2D eigenvalue weighted by atomic mass is 16.3. The van der Waals surface area contributed by atoms with E-state index in [0.29, 0.717) is 11.3 Å². The predicted octanol–water partition coefficient (Wildman–Crippen LogP) is 2.92. The fourth-order valence-electron chi connectivity index (χ4n) is 3.07. The second-order valence-corrected chi connectivity index (χ2v) is 6.45. The smallest absolute Gasteiger partial charge is 0.191 e. The Labute approximate surface area is 130 Å². The van der Waals surface area contributed by atoms with E-state index in [1.54, 1.807) is 0 Å². The zero-order valence-corrected chi connectivity index (χ0v) is 14.2. The number of nitrogens with one attached hydrogen (secondary N) is 2. The van der Waals surface area contributed by atoms with Gasteiger partial charge in [-0.2, -0.15) is 0 Å². The van der Waals surface area contributed by atoms with Gasteiger partial charge in [-0.05, 0) is 50.4 Å². The molecule has 0 aromatic rings. The zero-order valence-electron chi connectivity index (χ0n) is 14.2. The first-order valence-corrected chi connectivity index (χ1v) is 8.82. The van der Waals surface area contributed by atoms with E-state index in [9.17, 15) is 0 Å². The van der Waals surface area contributed by atoms with Crippen LogP contribution in [0.2, 0.25) is 0 Å². The molecule has 0 aromatic carbocycles. The standard InChI is InChI=1S/C17H35N3O/c1-4-8-15(9-12-21)13-19-16(18-6-3)20-14-17(5-2)10-7-11-17/h15,21H,4-14H2,1-3H3,(H2,18,19,20). The van der Waals surface area contributed by atoms with Gasteiger partial charge in [0.15, 0.2) is 5.96 Å². The highest BCUT2D eigenvalue weighted by Crippen LogP contribution is 2.43. The average Bonchev–Trinajstić information content (AvgIpc) is 2.44. The molecule has 1 saturated carbocycles. The molecule has 4 nitrogen and oxygen atoms in total. The summed E-state index contributed by atoms with van der Waals surface area (Å²) in [5, 5.41) is 15.9. The summed E-state index contributed by atoms with van der Waals surface area (Å²) in [6, 6.07) is 0. The summed E-state index contributed by atoms with van der Waals surface area (Å²) in [6.07, 6.45) is 8.45. The summed E-state index contributed by atoms with van der Waals surface area (Å²) in [5.41, 5.74) is 0.469. The van der Waals surface area contributed by atoms with Crippen molar-refractivity contribution in [3.8, 4) is 0 Å². The van der Waals surface area contributed by atoms with Gasteiger partial charge in [0.25, 0.3) is 0 Å². The molecule has 0 saturated heterocycles. The topological polar surface area (TPSA) is 56.6 Å². The van der Waals surface area contributed by atoms with Crippen LogP contribution >= 0.6 is 0 Å². The molecular weight excluding hydrogens is 262 g/mol. The molecule has 0 heterocycles. The Morgan fingerprint density at radius 3 is 2.43 bits per heavy atom. The van der Waals surface area contributed by atoms with Gasteiger partial charge in [0.05, 0.1) is 0 Å². The van der Waals surface area contributed by atoms with Crippen molar-refractivity contribution in [1.82, 2.24) is 10.6 Å². The first kappa shape index (κ1) is 18.3. The second-order valence-electron chi connectivity index (χ2n) is 6.45. The number of nitrogens with zero attached hydrogens (tertiary/aromatic N) is 1. The molecule has 4 heteroatoms. The lowest BCUT2D eigenvalue weighted by molar-refractivity contribution is 0.139. The molecule has 1 aliphatic carbocycles. The number of aliphatic imine (C=N–C) groups is 1.